The van der Waals surface area contributed by atoms with Gasteiger partial charge in [0.2, 0.25) is 11.8 Å². The van der Waals surface area contributed by atoms with Crippen LogP contribution in [-0.2, 0) is 19.6 Å². The van der Waals surface area contributed by atoms with Crippen LogP contribution in [0.4, 0.5) is 15.8 Å². The molecule has 0 radical (unpaired) electrons. The minimum absolute atomic E-state index is 0.0355. The fraction of sp³-hybridized carbons (Fsp3) is 0.333. The molecule has 1 saturated heterocycles. The van der Waals surface area contributed by atoms with Gasteiger partial charge in [-0.3, -0.25) is 14.3 Å². The van der Waals surface area contributed by atoms with E-state index in [2.05, 4.69) is 10.0 Å². The lowest BCUT2D eigenvalue weighted by Crippen LogP contribution is -2.33. The van der Waals surface area contributed by atoms with E-state index < -0.39 is 21.8 Å². The molecule has 0 aliphatic carbocycles. The number of carbonyl (C=O) groups excluding carboxylic acids is 2. The summed E-state index contributed by atoms with van der Waals surface area (Å²) in [5.41, 5.74) is 0.110. The highest BCUT2D eigenvalue weighted by molar-refractivity contribution is 7.99. The first-order chi connectivity index (χ1) is 15.2. The maximum atomic E-state index is 14.0. The molecule has 11 heteroatoms. The normalized spacial score (nSPS) is 18.6. The van der Waals surface area contributed by atoms with Crippen LogP contribution >= 0.6 is 23.4 Å². The van der Waals surface area contributed by atoms with E-state index in [4.69, 9.17) is 11.6 Å². The number of benzene rings is 2. The molecule has 32 heavy (non-hydrogen) atoms. The lowest BCUT2D eigenvalue weighted by atomic mass is 10.1. The highest BCUT2D eigenvalue weighted by atomic mass is 35.5. The summed E-state index contributed by atoms with van der Waals surface area (Å²) in [6.07, 6.45) is 2.08. The fourth-order valence-electron chi connectivity index (χ4n) is 3.63. The van der Waals surface area contributed by atoms with Gasteiger partial charge in [-0.25, -0.2) is 12.8 Å². The predicted molar refractivity (Wildman–Crippen MR) is 122 cm³/mol. The lowest BCUT2D eigenvalue weighted by molar-refractivity contribution is -0.133. The molecule has 170 valence electrons. The quantitative estimate of drug-likeness (QED) is 0.652. The molecule has 2 N–H and O–H groups in total. The van der Waals surface area contributed by atoms with Gasteiger partial charge in [-0.2, -0.15) is 0 Å². The zero-order valence-electron chi connectivity index (χ0n) is 16.9. The van der Waals surface area contributed by atoms with Crippen LogP contribution in [0.15, 0.2) is 46.2 Å². The lowest BCUT2D eigenvalue weighted by Gasteiger charge is -2.18. The standard InChI is InChI=1S/C21H21ClFN3O4S2/c22-14-3-5-17(16(23)10-14)25-32(29,30)15-4-6-19-18(11-15)24-21(28)13(12-31-19)9-20(27)26-7-1-2-8-26/h3-6,10-11,13,25H,1-2,7-9,12H2,(H,24,28)/t13-/m1/s1. The fourth-order valence-corrected chi connectivity index (χ4v) is 5.97. The Hall–Kier alpha value is -2.30. The Kier molecular flexibility index (Phi) is 6.64. The Bertz CT molecular complexity index is 1170. The van der Waals surface area contributed by atoms with Crippen LogP contribution in [-0.4, -0.2) is 44.0 Å². The number of hydrogen-bond donors (Lipinski definition) is 2. The molecule has 2 aliphatic heterocycles. The zero-order valence-corrected chi connectivity index (χ0v) is 19.3. The van der Waals surface area contributed by atoms with Gasteiger partial charge in [-0.15, -0.1) is 11.8 Å². The number of amides is 2. The number of thioether (sulfide) groups is 1. The summed E-state index contributed by atoms with van der Waals surface area (Å²) < 4.78 is 41.8. The first-order valence-electron chi connectivity index (χ1n) is 10.1. The van der Waals surface area contributed by atoms with Gasteiger partial charge in [0.1, 0.15) is 5.82 Å². The van der Waals surface area contributed by atoms with Crippen molar-refractivity contribution >= 4 is 56.6 Å². The van der Waals surface area contributed by atoms with Crippen LogP contribution in [0.1, 0.15) is 19.3 Å². The van der Waals surface area contributed by atoms with Crippen LogP contribution < -0.4 is 10.0 Å². The summed E-state index contributed by atoms with van der Waals surface area (Å²) in [7, 11) is -4.11. The molecule has 0 saturated carbocycles. The van der Waals surface area contributed by atoms with Crippen molar-refractivity contribution in [1.29, 1.82) is 0 Å². The van der Waals surface area contributed by atoms with E-state index in [0.29, 0.717) is 16.3 Å². The summed E-state index contributed by atoms with van der Waals surface area (Å²) in [6, 6.07) is 7.94. The van der Waals surface area contributed by atoms with Crippen LogP contribution in [0.5, 0.6) is 0 Å². The summed E-state index contributed by atoms with van der Waals surface area (Å²) in [5, 5.41) is 2.90. The first-order valence-corrected chi connectivity index (χ1v) is 12.9. The van der Waals surface area contributed by atoms with E-state index in [0.717, 1.165) is 32.0 Å². The summed E-state index contributed by atoms with van der Waals surface area (Å²) >= 11 is 7.10. The molecule has 0 spiro atoms. The second-order valence-corrected chi connectivity index (χ2v) is 10.9. The van der Waals surface area contributed by atoms with Gasteiger partial charge in [-0.1, -0.05) is 11.6 Å². The Balaban J connectivity index is 1.50. The van der Waals surface area contributed by atoms with Crippen molar-refractivity contribution in [3.05, 3.63) is 47.2 Å². The van der Waals surface area contributed by atoms with Crippen molar-refractivity contribution in [3.8, 4) is 0 Å². The smallest absolute Gasteiger partial charge is 0.262 e. The van der Waals surface area contributed by atoms with E-state index in [9.17, 15) is 22.4 Å². The van der Waals surface area contributed by atoms with Crippen LogP contribution in [0, 0.1) is 11.7 Å². The van der Waals surface area contributed by atoms with E-state index in [1.807, 2.05) is 0 Å². The maximum Gasteiger partial charge on any atom is 0.262 e. The largest absolute Gasteiger partial charge is 0.343 e. The van der Waals surface area contributed by atoms with Crippen molar-refractivity contribution in [2.45, 2.75) is 29.1 Å². The topological polar surface area (TPSA) is 95.6 Å². The number of carbonyl (C=O) groups is 2. The van der Waals surface area contributed by atoms with Gasteiger partial charge in [0.15, 0.2) is 0 Å². The third-order valence-corrected chi connectivity index (χ3v) is 8.22. The van der Waals surface area contributed by atoms with Crippen LogP contribution in [0.3, 0.4) is 0 Å². The van der Waals surface area contributed by atoms with Crippen LogP contribution in [0.2, 0.25) is 5.02 Å². The number of nitrogens with one attached hydrogen (secondary N) is 2. The van der Waals surface area contributed by atoms with E-state index >= 15 is 0 Å². The molecule has 2 aromatic rings. The average Bonchev–Trinajstić information content (AvgIpc) is 3.23. The maximum absolute atomic E-state index is 14.0. The monoisotopic (exact) mass is 497 g/mol. The number of anilines is 2. The molecule has 2 aliphatic rings. The van der Waals surface area contributed by atoms with Gasteiger partial charge < -0.3 is 10.2 Å². The molecule has 7 nitrogen and oxygen atoms in total. The van der Waals surface area contributed by atoms with Crippen molar-refractivity contribution < 1.29 is 22.4 Å². The highest BCUT2D eigenvalue weighted by Gasteiger charge is 2.30. The van der Waals surface area contributed by atoms with Crippen molar-refractivity contribution in [2.24, 2.45) is 5.92 Å². The Morgan fingerprint density at radius 3 is 2.69 bits per heavy atom. The average molecular weight is 498 g/mol. The molecule has 2 heterocycles. The molecule has 0 unspecified atom stereocenters. The molecule has 0 aromatic heterocycles. The molecule has 1 fully saturated rings. The van der Waals surface area contributed by atoms with Gasteiger partial charge in [-0.05, 0) is 49.2 Å². The number of sulfonamides is 1. The third kappa shape index (κ3) is 5.02. The van der Waals surface area contributed by atoms with Crippen molar-refractivity contribution in [3.63, 3.8) is 0 Å². The minimum atomic E-state index is -4.11. The number of likely N-dealkylation sites (tertiary alicyclic amines) is 1. The highest BCUT2D eigenvalue weighted by Crippen LogP contribution is 2.36. The molecule has 0 bridgehead atoms. The van der Waals surface area contributed by atoms with E-state index in [1.165, 1.54) is 36.0 Å². The van der Waals surface area contributed by atoms with Gasteiger partial charge in [0.05, 0.1) is 22.2 Å². The van der Waals surface area contributed by atoms with Gasteiger partial charge in [0.25, 0.3) is 10.0 Å². The Morgan fingerprint density at radius 2 is 1.97 bits per heavy atom. The SMILES string of the molecule is O=C1Nc2cc(S(=O)(=O)Nc3ccc(Cl)cc3F)ccc2SC[C@H]1CC(=O)N1CCCC1. The Labute approximate surface area is 194 Å². The first kappa shape index (κ1) is 22.9. The second-order valence-electron chi connectivity index (χ2n) is 7.68. The van der Waals surface area contributed by atoms with Crippen molar-refractivity contribution in [2.75, 3.05) is 28.9 Å². The number of fused-ring (bicyclic) bond motifs is 1. The Morgan fingerprint density at radius 1 is 1.22 bits per heavy atom. The van der Waals surface area contributed by atoms with E-state index in [-0.39, 0.29) is 33.8 Å². The number of hydrogen-bond acceptors (Lipinski definition) is 5. The minimum Gasteiger partial charge on any atom is -0.343 e. The molecule has 4 rings (SSSR count). The third-order valence-electron chi connectivity index (χ3n) is 5.39. The summed E-state index contributed by atoms with van der Waals surface area (Å²) in [5.74, 6) is -1.26. The molecule has 2 aromatic carbocycles. The van der Waals surface area contributed by atoms with Crippen LogP contribution in [0.25, 0.3) is 0 Å². The van der Waals surface area contributed by atoms with Gasteiger partial charge >= 0.3 is 0 Å². The summed E-state index contributed by atoms with van der Waals surface area (Å²) in [4.78, 5) is 27.5. The molecule has 1 atom stereocenters. The predicted octanol–water partition coefficient (Wildman–Crippen LogP) is 3.95. The second kappa shape index (κ2) is 9.29. The number of rotatable bonds is 5. The molecule has 2 amide bonds. The molecular formula is C21H21ClFN3O4S2. The zero-order chi connectivity index (χ0) is 22.9. The van der Waals surface area contributed by atoms with Crippen molar-refractivity contribution in [1.82, 2.24) is 4.90 Å². The summed E-state index contributed by atoms with van der Waals surface area (Å²) in [6.45, 7) is 1.45. The van der Waals surface area contributed by atoms with Gasteiger partial charge in [0, 0.05) is 35.2 Å². The van der Waals surface area contributed by atoms with E-state index in [1.54, 1.807) is 11.0 Å². The molecular weight excluding hydrogens is 477 g/mol. The number of nitrogens with zero attached hydrogens (tertiary/aromatic N) is 1. The number of halogens is 2.